The van der Waals surface area contributed by atoms with E-state index in [-0.39, 0.29) is 18.1 Å². The predicted octanol–water partition coefficient (Wildman–Crippen LogP) is 14.5. The fourth-order valence-corrected chi connectivity index (χ4v) is 43.0. The molecule has 0 N–H and O–H groups in total. The zero-order valence-corrected chi connectivity index (χ0v) is 42.8. The number of fused-ring (bicyclic) bond motifs is 2. The van der Waals surface area contributed by atoms with Crippen molar-refractivity contribution in [3.8, 4) is 22.3 Å². The summed E-state index contributed by atoms with van der Waals surface area (Å²) < 4.78 is 0.131. The molecule has 0 aliphatic heterocycles. The first-order valence-corrected chi connectivity index (χ1v) is 43.6. The molecule has 0 saturated carbocycles. The number of rotatable bonds is 9. The maximum absolute atomic E-state index is 8.95. The van der Waals surface area contributed by atoms with Crippen LogP contribution in [-0.2, 0) is 15.6 Å². The number of hydrogen-bond acceptors (Lipinski definition) is 0. The number of allylic oxidation sites excluding steroid dienone is 2. The molecule has 0 radical (unpaired) electrons. The van der Waals surface area contributed by atoms with Gasteiger partial charge in [-0.1, -0.05) is 0 Å². The Labute approximate surface area is 339 Å². The van der Waals surface area contributed by atoms with Crippen LogP contribution in [0.25, 0.3) is 34.4 Å². The van der Waals surface area contributed by atoms with Crippen LogP contribution in [-0.4, -0.2) is 22.1 Å². The molecule has 4 aromatic rings. The van der Waals surface area contributed by atoms with E-state index in [0.717, 1.165) is 12.8 Å². The molecule has 4 aromatic carbocycles. The van der Waals surface area contributed by atoms with E-state index in [4.69, 9.17) is 17.0 Å². The summed E-state index contributed by atoms with van der Waals surface area (Å²) in [5.41, 5.74) is 13.7. The van der Waals surface area contributed by atoms with Crippen molar-refractivity contribution < 1.29 is 15.6 Å². The Morgan fingerprint density at radius 3 is 1.15 bits per heavy atom. The average molecular weight is 888 g/mol. The third-order valence-electron chi connectivity index (χ3n) is 12.1. The summed E-state index contributed by atoms with van der Waals surface area (Å²) in [5, 5.41) is 2.98. The Balaban J connectivity index is 1.59. The Bertz CT molecular complexity index is 1970. The van der Waals surface area contributed by atoms with Crippen LogP contribution in [0.2, 0.25) is 52.4 Å². The molecule has 0 saturated heterocycles. The van der Waals surface area contributed by atoms with Gasteiger partial charge in [-0.15, -0.1) is 0 Å². The van der Waals surface area contributed by atoms with Crippen LogP contribution in [0.4, 0.5) is 0 Å². The van der Waals surface area contributed by atoms with Crippen LogP contribution in [0.3, 0.4) is 0 Å². The van der Waals surface area contributed by atoms with Crippen LogP contribution in [0.15, 0.2) is 96.1 Å². The van der Waals surface area contributed by atoms with Gasteiger partial charge in [0.05, 0.1) is 0 Å². The van der Waals surface area contributed by atoms with Gasteiger partial charge < -0.3 is 0 Å². The molecule has 0 fully saturated rings. The van der Waals surface area contributed by atoms with Crippen LogP contribution in [0.5, 0.6) is 0 Å². The first-order chi connectivity index (χ1) is 24.8. The summed E-state index contributed by atoms with van der Waals surface area (Å²) in [7, 11) is 15.1. The zero-order valence-electron chi connectivity index (χ0n) is 35.6. The Morgan fingerprint density at radius 2 is 0.870 bits per heavy atom. The zero-order chi connectivity index (χ0) is 39.8. The number of benzene rings is 4. The van der Waals surface area contributed by atoms with Crippen molar-refractivity contribution in [2.75, 3.05) is 0 Å². The van der Waals surface area contributed by atoms with E-state index in [0.29, 0.717) is 0 Å². The van der Waals surface area contributed by atoms with E-state index in [1.807, 2.05) is 0 Å². The molecule has 287 valence electrons. The molecule has 0 heterocycles. The summed E-state index contributed by atoms with van der Waals surface area (Å²) in [6.07, 6.45) is 7.04. The van der Waals surface area contributed by atoms with E-state index in [2.05, 4.69) is 191 Å². The summed E-state index contributed by atoms with van der Waals surface area (Å²) in [5.74, 6) is -1.72. The molecule has 0 bridgehead atoms. The second kappa shape index (κ2) is 14.4. The average Bonchev–Trinajstić information content (AvgIpc) is 3.60. The number of hydrogen-bond donors (Lipinski definition) is 0. The Hall–Kier alpha value is -1.53. The third-order valence-corrected chi connectivity index (χ3v) is 68.1. The fourth-order valence-electron chi connectivity index (χ4n) is 9.40. The van der Waals surface area contributed by atoms with Crippen molar-refractivity contribution in [1.29, 1.82) is 0 Å². The normalized spacial score (nSPS) is 18.6. The van der Waals surface area contributed by atoms with Gasteiger partial charge >= 0.3 is 343 Å². The van der Waals surface area contributed by atoms with Crippen molar-refractivity contribution >= 4 is 61.6 Å². The molecule has 0 nitrogen and oxygen atoms in total. The van der Waals surface area contributed by atoms with Gasteiger partial charge in [0.25, 0.3) is 0 Å². The molecule has 54 heavy (non-hydrogen) atoms. The molecular formula is C48H65Cl2Si3Zr. The standard InChI is InChI=1S/2C23H29Si.C2H7Si.2ClH.Zr/c2*1-23(2,3)16-17-14-19-8-7-9-21(22(19)15-17)18-10-12-20(13-11-18)24(4,5)6;1-3-2;;;/h2*7-15H,16H2,1-6H3;3H,1-2H3;2*1H;/q;;;;;+2/p-2. The molecule has 2 aliphatic carbocycles. The predicted molar refractivity (Wildman–Crippen MR) is 250 cm³/mol. The number of halogens is 2. The van der Waals surface area contributed by atoms with E-state index in [1.165, 1.54) is 66.0 Å². The summed E-state index contributed by atoms with van der Waals surface area (Å²) in [6, 6.07) is 32.9. The monoisotopic (exact) mass is 885 g/mol. The van der Waals surface area contributed by atoms with Gasteiger partial charge in [-0.05, 0) is 0 Å². The van der Waals surface area contributed by atoms with Crippen LogP contribution in [0.1, 0.15) is 83.9 Å². The molecule has 0 amide bonds. The van der Waals surface area contributed by atoms with E-state index in [1.54, 1.807) is 0 Å². The van der Waals surface area contributed by atoms with Gasteiger partial charge in [0, 0.05) is 0 Å². The van der Waals surface area contributed by atoms with Crippen molar-refractivity contribution in [3.63, 3.8) is 0 Å². The maximum atomic E-state index is 8.95. The minimum atomic E-state index is -5.00. The van der Waals surface area contributed by atoms with Gasteiger partial charge in [0.15, 0.2) is 0 Å². The Kier molecular flexibility index (Phi) is 11.2. The van der Waals surface area contributed by atoms with E-state index in [9.17, 15) is 0 Å². The molecule has 2 atom stereocenters. The van der Waals surface area contributed by atoms with Gasteiger partial charge in [-0.25, -0.2) is 0 Å². The third kappa shape index (κ3) is 7.97. The minimum absolute atomic E-state index is 0.0656. The van der Waals surface area contributed by atoms with Crippen molar-refractivity contribution in [2.24, 2.45) is 10.8 Å². The van der Waals surface area contributed by atoms with Crippen molar-refractivity contribution in [2.45, 2.75) is 114 Å². The fraction of sp³-hybridized carbons (Fsp3) is 0.417. The van der Waals surface area contributed by atoms with Crippen LogP contribution in [0, 0.1) is 10.8 Å². The summed E-state index contributed by atoms with van der Waals surface area (Å²) in [6.45, 7) is 33.8. The molecule has 0 spiro atoms. The summed E-state index contributed by atoms with van der Waals surface area (Å²) >= 11 is -5.00. The quantitative estimate of drug-likeness (QED) is 0.147. The first-order valence-electron chi connectivity index (χ1n) is 20.3. The van der Waals surface area contributed by atoms with Crippen molar-refractivity contribution in [3.05, 3.63) is 118 Å². The van der Waals surface area contributed by atoms with E-state index < -0.39 is 37.6 Å². The topological polar surface area (TPSA) is 0 Å². The molecule has 6 heteroatoms. The second-order valence-electron chi connectivity index (χ2n) is 21.4. The molecule has 6 rings (SSSR count). The van der Waals surface area contributed by atoms with Crippen LogP contribution < -0.4 is 10.4 Å². The second-order valence-corrected chi connectivity index (χ2v) is 74.1. The molecule has 0 aromatic heterocycles. The SMILES string of the molecule is C[SiH](C)[Zr]([Cl])([Cl])([CH]1C(CC(C)(C)C)=Cc2c(-c3ccc([Si](C)(C)C)cc3)cccc21)[CH]1C(CC(C)(C)C)=Cc2c(-c3ccc([Si](C)(C)C)cc3)cccc21. The Morgan fingerprint density at radius 1 is 0.537 bits per heavy atom. The first kappa shape index (κ1) is 42.1. The van der Waals surface area contributed by atoms with Crippen LogP contribution >= 0.6 is 17.0 Å². The molecule has 2 unspecified atom stereocenters. The van der Waals surface area contributed by atoms with Gasteiger partial charge in [-0.3, -0.25) is 0 Å². The molecule has 2 aliphatic rings. The van der Waals surface area contributed by atoms with Gasteiger partial charge in [-0.2, -0.15) is 0 Å². The van der Waals surface area contributed by atoms with Crippen molar-refractivity contribution in [1.82, 2.24) is 0 Å². The van der Waals surface area contributed by atoms with Gasteiger partial charge in [0.1, 0.15) is 0 Å². The summed E-state index contributed by atoms with van der Waals surface area (Å²) in [4.78, 5) is 0. The molecular weight excluding hydrogens is 823 g/mol. The van der Waals surface area contributed by atoms with E-state index >= 15 is 0 Å². The van der Waals surface area contributed by atoms with Gasteiger partial charge in [0.2, 0.25) is 0 Å².